The third-order valence-electron chi connectivity index (χ3n) is 3.08. The van der Waals surface area contributed by atoms with Gasteiger partial charge in [0.2, 0.25) is 0 Å². The van der Waals surface area contributed by atoms with Gasteiger partial charge in [-0.1, -0.05) is 72.1 Å². The zero-order chi connectivity index (χ0) is 17.0. The number of carbonyl (C=O) groups is 1. The zero-order valence-corrected chi connectivity index (χ0v) is 14.3. The number of carbonyl (C=O) groups excluding carboxylic acids is 1. The molecule has 0 aliphatic heterocycles. The second-order valence-corrected chi connectivity index (χ2v) is 5.83. The number of hydrogen-bond donors (Lipinski definition) is 2. The molecule has 8 heteroatoms. The summed E-state index contributed by atoms with van der Waals surface area (Å²) in [5.74, 6) is -0.601. The second-order valence-electron chi connectivity index (χ2n) is 4.71. The van der Waals surface area contributed by atoms with Crippen LogP contribution in [0.15, 0.2) is 35.4 Å². The maximum absolute atomic E-state index is 12.1. The molecule has 1 amide bonds. The minimum atomic E-state index is -0.628. The van der Waals surface area contributed by atoms with Gasteiger partial charge in [0.15, 0.2) is 10.8 Å². The molecule has 1 aromatic carbocycles. The molecule has 0 radical (unpaired) electrons. The van der Waals surface area contributed by atoms with Crippen molar-refractivity contribution in [2.75, 3.05) is 5.73 Å². The molecule has 0 saturated carbocycles. The number of hydrazone groups is 1. The number of pyridine rings is 1. The first kappa shape index (κ1) is 17.5. The number of halogens is 3. The van der Waals surface area contributed by atoms with Gasteiger partial charge < -0.3 is 5.73 Å². The summed E-state index contributed by atoms with van der Waals surface area (Å²) < 4.78 is 0. The Kier molecular flexibility index (Phi) is 5.82. The number of nitrogens with one attached hydrogen (secondary N) is 1. The van der Waals surface area contributed by atoms with Gasteiger partial charge in [-0.15, -0.1) is 0 Å². The van der Waals surface area contributed by atoms with Gasteiger partial charge in [-0.2, -0.15) is 5.10 Å². The maximum atomic E-state index is 12.1. The Morgan fingerprint density at radius 1 is 1.26 bits per heavy atom. The highest BCUT2D eigenvalue weighted by Crippen LogP contribution is 2.34. The molecule has 0 bridgehead atoms. The van der Waals surface area contributed by atoms with Crippen molar-refractivity contribution in [3.05, 3.63) is 56.8 Å². The number of anilines is 1. The molecular weight excluding hydrogens is 359 g/mol. The molecule has 2 rings (SSSR count). The molecule has 5 nitrogen and oxygen atoms in total. The summed E-state index contributed by atoms with van der Waals surface area (Å²) in [5, 5.41) is 3.75. The molecule has 1 atom stereocenters. The van der Waals surface area contributed by atoms with Gasteiger partial charge >= 0.3 is 0 Å². The summed E-state index contributed by atoms with van der Waals surface area (Å²) in [4.78, 5) is 15.9. The number of rotatable bonds is 4. The molecule has 0 aliphatic rings. The SMILES string of the molecule is C[C@H](/C=N/NC(=O)c1nc(Cl)c(Cl)c(N)c1Cl)c1ccccc1. The first-order valence-corrected chi connectivity index (χ1v) is 7.73. The molecule has 0 spiro atoms. The fraction of sp³-hybridized carbons (Fsp3) is 0.133. The van der Waals surface area contributed by atoms with Crippen LogP contribution in [0, 0.1) is 0 Å². The molecule has 1 aromatic heterocycles. The fourth-order valence-corrected chi connectivity index (χ4v) is 2.38. The van der Waals surface area contributed by atoms with Crippen LogP contribution in [0.3, 0.4) is 0 Å². The van der Waals surface area contributed by atoms with Crippen LogP contribution in [0.2, 0.25) is 15.2 Å². The Morgan fingerprint density at radius 3 is 2.57 bits per heavy atom. The highest BCUT2D eigenvalue weighted by molar-refractivity contribution is 6.46. The van der Waals surface area contributed by atoms with Crippen LogP contribution in [-0.4, -0.2) is 17.1 Å². The average Bonchev–Trinajstić information content (AvgIpc) is 2.56. The highest BCUT2D eigenvalue weighted by atomic mass is 35.5. The van der Waals surface area contributed by atoms with E-state index in [0.717, 1.165) is 5.56 Å². The molecular formula is C15H13Cl3N4O. The van der Waals surface area contributed by atoms with E-state index in [9.17, 15) is 4.79 Å². The lowest BCUT2D eigenvalue weighted by atomic mass is 10.0. The summed E-state index contributed by atoms with van der Waals surface area (Å²) >= 11 is 17.6. The van der Waals surface area contributed by atoms with Crippen LogP contribution in [0.1, 0.15) is 28.9 Å². The fourth-order valence-electron chi connectivity index (χ4n) is 1.79. The van der Waals surface area contributed by atoms with Gasteiger partial charge in [0, 0.05) is 12.1 Å². The predicted octanol–water partition coefficient (Wildman–Crippen LogP) is 4.14. The standard InChI is InChI=1S/C15H13Cl3N4O/c1-8(9-5-3-2-4-6-9)7-20-22-15(23)13-10(16)12(19)11(17)14(18)21-13/h2-8H,1H3,(H2,19,21)(H,22,23)/b20-7+/t8-/m1/s1. The third kappa shape index (κ3) is 4.13. The lowest BCUT2D eigenvalue weighted by Gasteiger charge is -2.08. The van der Waals surface area contributed by atoms with Crippen molar-refractivity contribution in [2.45, 2.75) is 12.8 Å². The van der Waals surface area contributed by atoms with Gasteiger partial charge in [-0.05, 0) is 5.56 Å². The molecule has 1 heterocycles. The minimum Gasteiger partial charge on any atom is -0.396 e. The van der Waals surface area contributed by atoms with Gasteiger partial charge in [0.05, 0.1) is 10.7 Å². The summed E-state index contributed by atoms with van der Waals surface area (Å²) in [6.45, 7) is 1.95. The van der Waals surface area contributed by atoms with E-state index in [1.54, 1.807) is 6.21 Å². The number of amides is 1. The van der Waals surface area contributed by atoms with Crippen LogP contribution in [0.25, 0.3) is 0 Å². The molecule has 0 aliphatic carbocycles. The van der Waals surface area contributed by atoms with Crippen molar-refractivity contribution in [2.24, 2.45) is 5.10 Å². The topological polar surface area (TPSA) is 80.4 Å². The van der Waals surface area contributed by atoms with Gasteiger partial charge in [0.25, 0.3) is 5.91 Å². The molecule has 120 valence electrons. The first-order chi connectivity index (χ1) is 10.9. The Labute approximate surface area is 148 Å². The van der Waals surface area contributed by atoms with Crippen molar-refractivity contribution in [1.29, 1.82) is 0 Å². The van der Waals surface area contributed by atoms with Gasteiger partial charge in [-0.25, -0.2) is 10.4 Å². The molecule has 0 fully saturated rings. The lowest BCUT2D eigenvalue weighted by molar-refractivity contribution is 0.0950. The smallest absolute Gasteiger partial charge is 0.291 e. The lowest BCUT2D eigenvalue weighted by Crippen LogP contribution is -2.20. The number of benzene rings is 1. The largest absolute Gasteiger partial charge is 0.396 e. The van der Waals surface area contributed by atoms with Crippen LogP contribution >= 0.6 is 34.8 Å². The Morgan fingerprint density at radius 2 is 1.91 bits per heavy atom. The number of nitrogen functional groups attached to an aromatic ring is 1. The number of nitrogens with two attached hydrogens (primary N) is 1. The van der Waals surface area contributed by atoms with E-state index in [0.29, 0.717) is 0 Å². The maximum Gasteiger partial charge on any atom is 0.291 e. The highest BCUT2D eigenvalue weighted by Gasteiger charge is 2.19. The van der Waals surface area contributed by atoms with E-state index in [1.807, 2.05) is 37.3 Å². The Balaban J connectivity index is 2.10. The quantitative estimate of drug-likeness (QED) is 0.481. The predicted molar refractivity (Wildman–Crippen MR) is 94.5 cm³/mol. The summed E-state index contributed by atoms with van der Waals surface area (Å²) in [5.41, 5.74) is 8.94. The number of nitrogens with zero attached hydrogens (tertiary/aromatic N) is 2. The van der Waals surface area contributed by atoms with E-state index < -0.39 is 5.91 Å². The van der Waals surface area contributed by atoms with Crippen molar-refractivity contribution >= 4 is 52.6 Å². The number of hydrogen-bond acceptors (Lipinski definition) is 4. The van der Waals surface area contributed by atoms with Crippen molar-refractivity contribution < 1.29 is 4.79 Å². The Hall–Kier alpha value is -1.82. The van der Waals surface area contributed by atoms with Crippen molar-refractivity contribution in [3.63, 3.8) is 0 Å². The van der Waals surface area contributed by atoms with E-state index in [4.69, 9.17) is 40.5 Å². The zero-order valence-electron chi connectivity index (χ0n) is 12.1. The van der Waals surface area contributed by atoms with E-state index >= 15 is 0 Å². The monoisotopic (exact) mass is 370 g/mol. The molecule has 23 heavy (non-hydrogen) atoms. The summed E-state index contributed by atoms with van der Waals surface area (Å²) in [6.07, 6.45) is 1.60. The average molecular weight is 372 g/mol. The first-order valence-electron chi connectivity index (χ1n) is 6.60. The van der Waals surface area contributed by atoms with Crippen molar-refractivity contribution in [1.82, 2.24) is 10.4 Å². The van der Waals surface area contributed by atoms with Gasteiger partial charge in [0.1, 0.15) is 5.02 Å². The van der Waals surface area contributed by atoms with Gasteiger partial charge in [-0.3, -0.25) is 4.79 Å². The van der Waals surface area contributed by atoms with E-state index in [2.05, 4.69) is 15.5 Å². The molecule has 0 saturated heterocycles. The number of aromatic nitrogens is 1. The van der Waals surface area contributed by atoms with Crippen LogP contribution in [0.4, 0.5) is 5.69 Å². The molecule has 3 N–H and O–H groups in total. The van der Waals surface area contributed by atoms with Crippen molar-refractivity contribution in [3.8, 4) is 0 Å². The van der Waals surface area contributed by atoms with E-state index in [1.165, 1.54) is 0 Å². The summed E-state index contributed by atoms with van der Waals surface area (Å²) in [6, 6.07) is 9.73. The molecule has 2 aromatic rings. The summed E-state index contributed by atoms with van der Waals surface area (Å²) in [7, 11) is 0. The van der Waals surface area contributed by atoms with Crippen LogP contribution in [-0.2, 0) is 0 Å². The van der Waals surface area contributed by atoms with E-state index in [-0.39, 0.29) is 32.5 Å². The Bertz CT molecular complexity index is 750. The second kappa shape index (κ2) is 7.64. The van der Waals surface area contributed by atoms with Crippen LogP contribution in [0.5, 0.6) is 0 Å². The normalized spacial score (nSPS) is 12.3. The third-order valence-corrected chi connectivity index (χ3v) is 4.21. The van der Waals surface area contributed by atoms with Crippen LogP contribution < -0.4 is 11.2 Å². The minimum absolute atomic E-state index is 0.000108. The molecule has 0 unspecified atom stereocenters.